The molecular formula is C20H20N2O3. The normalized spacial score (nSPS) is 10.9. The molecule has 25 heavy (non-hydrogen) atoms. The maximum absolute atomic E-state index is 12.4. The van der Waals surface area contributed by atoms with Gasteiger partial charge in [-0.25, -0.2) is 0 Å². The van der Waals surface area contributed by atoms with Crippen molar-refractivity contribution in [1.82, 2.24) is 0 Å². The molecule has 0 heterocycles. The van der Waals surface area contributed by atoms with Crippen molar-refractivity contribution in [3.8, 4) is 17.6 Å². The fourth-order valence-electron chi connectivity index (χ4n) is 2.35. The largest absolute Gasteiger partial charge is 0.504 e. The Bertz CT molecular complexity index is 864. The van der Waals surface area contributed by atoms with Gasteiger partial charge in [0.15, 0.2) is 11.5 Å². The highest BCUT2D eigenvalue weighted by Gasteiger charge is 2.12. The number of ether oxygens (including phenoxy) is 1. The van der Waals surface area contributed by atoms with Crippen LogP contribution in [0.15, 0.2) is 42.0 Å². The van der Waals surface area contributed by atoms with Crippen LogP contribution in [0.25, 0.3) is 6.08 Å². The number of hydrogen-bond acceptors (Lipinski definition) is 4. The third-order valence-corrected chi connectivity index (χ3v) is 3.59. The second kappa shape index (κ2) is 8.02. The Morgan fingerprint density at radius 2 is 2.04 bits per heavy atom. The first-order valence-corrected chi connectivity index (χ1v) is 7.90. The highest BCUT2D eigenvalue weighted by Crippen LogP contribution is 2.28. The highest BCUT2D eigenvalue weighted by molar-refractivity contribution is 6.10. The molecule has 0 aliphatic rings. The number of aryl methyl sites for hydroxylation is 2. The molecule has 2 N–H and O–H groups in total. The summed E-state index contributed by atoms with van der Waals surface area (Å²) >= 11 is 0. The summed E-state index contributed by atoms with van der Waals surface area (Å²) < 4.78 is 5.31. The van der Waals surface area contributed by atoms with Gasteiger partial charge in [-0.05, 0) is 56.2 Å². The summed E-state index contributed by atoms with van der Waals surface area (Å²) in [6.07, 6.45) is 1.46. The first-order chi connectivity index (χ1) is 11.9. The van der Waals surface area contributed by atoms with E-state index in [9.17, 15) is 15.2 Å². The number of aromatic hydroxyl groups is 1. The topological polar surface area (TPSA) is 82.3 Å². The van der Waals surface area contributed by atoms with Gasteiger partial charge in [0.05, 0.1) is 6.61 Å². The molecule has 0 saturated carbocycles. The van der Waals surface area contributed by atoms with Crippen molar-refractivity contribution in [1.29, 1.82) is 5.26 Å². The predicted molar refractivity (Wildman–Crippen MR) is 97.4 cm³/mol. The van der Waals surface area contributed by atoms with Crippen LogP contribution in [0.3, 0.4) is 0 Å². The lowest BCUT2D eigenvalue weighted by Gasteiger charge is -2.09. The van der Waals surface area contributed by atoms with Gasteiger partial charge < -0.3 is 15.2 Å². The van der Waals surface area contributed by atoms with Crippen LogP contribution in [0, 0.1) is 25.2 Å². The van der Waals surface area contributed by atoms with Crippen LogP contribution in [-0.4, -0.2) is 17.6 Å². The minimum Gasteiger partial charge on any atom is -0.504 e. The molecule has 2 aromatic rings. The molecule has 0 atom stereocenters. The van der Waals surface area contributed by atoms with Gasteiger partial charge in [0.2, 0.25) is 0 Å². The van der Waals surface area contributed by atoms with E-state index in [0.717, 1.165) is 11.1 Å². The van der Waals surface area contributed by atoms with Crippen LogP contribution in [0.5, 0.6) is 11.5 Å². The Morgan fingerprint density at radius 3 is 2.68 bits per heavy atom. The molecule has 0 aromatic heterocycles. The van der Waals surface area contributed by atoms with Crippen LogP contribution in [-0.2, 0) is 4.79 Å². The SMILES string of the molecule is CCOc1cc(C=C(C#N)C(=O)Nc2ccc(C)cc2C)ccc1O. The van der Waals surface area contributed by atoms with Gasteiger partial charge in [-0.2, -0.15) is 5.26 Å². The number of hydrogen-bond donors (Lipinski definition) is 2. The molecule has 5 nitrogen and oxygen atoms in total. The molecule has 0 bridgehead atoms. The van der Waals surface area contributed by atoms with Gasteiger partial charge in [-0.1, -0.05) is 23.8 Å². The van der Waals surface area contributed by atoms with E-state index >= 15 is 0 Å². The molecule has 2 rings (SSSR count). The fourth-order valence-corrected chi connectivity index (χ4v) is 2.35. The summed E-state index contributed by atoms with van der Waals surface area (Å²) in [7, 11) is 0. The third-order valence-electron chi connectivity index (χ3n) is 3.59. The number of carbonyl (C=O) groups is 1. The first kappa shape index (κ1) is 18.1. The lowest BCUT2D eigenvalue weighted by Crippen LogP contribution is -2.14. The number of phenolic OH excluding ortho intramolecular Hbond substituents is 1. The van der Waals surface area contributed by atoms with Crippen molar-refractivity contribution in [3.05, 3.63) is 58.7 Å². The second-order valence-electron chi connectivity index (χ2n) is 5.60. The van der Waals surface area contributed by atoms with Gasteiger partial charge in [-0.3, -0.25) is 4.79 Å². The molecule has 128 valence electrons. The molecule has 5 heteroatoms. The quantitative estimate of drug-likeness (QED) is 0.640. The molecule has 0 unspecified atom stereocenters. The van der Waals surface area contributed by atoms with Crippen LogP contribution in [0.1, 0.15) is 23.6 Å². The average Bonchev–Trinajstić information content (AvgIpc) is 2.58. The van der Waals surface area contributed by atoms with Gasteiger partial charge in [0.25, 0.3) is 5.91 Å². The van der Waals surface area contributed by atoms with Crippen molar-refractivity contribution in [3.63, 3.8) is 0 Å². The van der Waals surface area contributed by atoms with Gasteiger partial charge in [0, 0.05) is 5.69 Å². The zero-order valence-corrected chi connectivity index (χ0v) is 14.5. The van der Waals surface area contributed by atoms with E-state index in [1.54, 1.807) is 19.1 Å². The number of anilines is 1. The number of nitrogens with zero attached hydrogens (tertiary/aromatic N) is 1. The van der Waals surface area contributed by atoms with E-state index in [4.69, 9.17) is 4.74 Å². The van der Waals surface area contributed by atoms with Crippen molar-refractivity contribution >= 4 is 17.7 Å². The van der Waals surface area contributed by atoms with Crippen LogP contribution in [0.2, 0.25) is 0 Å². The van der Waals surface area contributed by atoms with Crippen LogP contribution in [0.4, 0.5) is 5.69 Å². The smallest absolute Gasteiger partial charge is 0.266 e. The number of nitriles is 1. The zero-order chi connectivity index (χ0) is 18.4. The molecule has 0 saturated heterocycles. The number of benzene rings is 2. The van der Waals surface area contributed by atoms with E-state index in [1.807, 2.05) is 38.1 Å². The molecule has 0 aliphatic carbocycles. The molecule has 2 aromatic carbocycles. The van der Waals surface area contributed by atoms with Gasteiger partial charge in [-0.15, -0.1) is 0 Å². The van der Waals surface area contributed by atoms with E-state index in [2.05, 4.69) is 5.32 Å². The van der Waals surface area contributed by atoms with E-state index in [1.165, 1.54) is 12.1 Å². The molecule has 0 fully saturated rings. The summed E-state index contributed by atoms with van der Waals surface area (Å²) in [6, 6.07) is 12.2. The molecule has 1 amide bonds. The number of phenols is 1. The van der Waals surface area contributed by atoms with E-state index < -0.39 is 5.91 Å². The van der Waals surface area contributed by atoms with Gasteiger partial charge >= 0.3 is 0 Å². The first-order valence-electron chi connectivity index (χ1n) is 7.90. The molecule has 0 spiro atoms. The zero-order valence-electron chi connectivity index (χ0n) is 14.5. The Hall–Kier alpha value is -3.26. The number of nitrogens with one attached hydrogen (secondary N) is 1. The average molecular weight is 336 g/mol. The summed E-state index contributed by atoms with van der Waals surface area (Å²) in [4.78, 5) is 12.4. The maximum atomic E-state index is 12.4. The summed E-state index contributed by atoms with van der Waals surface area (Å²) in [6.45, 7) is 6.08. The lowest BCUT2D eigenvalue weighted by molar-refractivity contribution is -0.112. The van der Waals surface area contributed by atoms with Gasteiger partial charge in [0.1, 0.15) is 11.6 Å². The Labute approximate surface area is 147 Å². The highest BCUT2D eigenvalue weighted by atomic mass is 16.5. The third kappa shape index (κ3) is 4.61. The molecule has 0 radical (unpaired) electrons. The Kier molecular flexibility index (Phi) is 5.80. The standard InChI is InChI=1S/C20H20N2O3/c1-4-25-19-11-15(6-8-18(19)23)10-16(12-21)20(24)22-17-7-5-13(2)9-14(17)3/h5-11,23H,4H2,1-3H3,(H,22,24). The molecule has 0 aliphatic heterocycles. The maximum Gasteiger partial charge on any atom is 0.266 e. The number of rotatable bonds is 5. The number of amides is 1. The van der Waals surface area contributed by atoms with Crippen LogP contribution < -0.4 is 10.1 Å². The minimum absolute atomic E-state index is 0.0113. The monoisotopic (exact) mass is 336 g/mol. The van der Waals surface area contributed by atoms with Crippen molar-refractivity contribution in [2.24, 2.45) is 0 Å². The van der Waals surface area contributed by atoms with E-state index in [0.29, 0.717) is 23.6 Å². The van der Waals surface area contributed by atoms with Crippen molar-refractivity contribution in [2.75, 3.05) is 11.9 Å². The summed E-state index contributed by atoms with van der Waals surface area (Å²) in [5.74, 6) is -0.166. The number of carbonyl (C=O) groups excluding carboxylic acids is 1. The molecular weight excluding hydrogens is 316 g/mol. The predicted octanol–water partition coefficient (Wildman–Crippen LogP) is 3.95. The van der Waals surface area contributed by atoms with E-state index in [-0.39, 0.29) is 11.3 Å². The summed E-state index contributed by atoms with van der Waals surface area (Å²) in [5, 5.41) is 21.8. The van der Waals surface area contributed by atoms with Crippen LogP contribution >= 0.6 is 0 Å². The second-order valence-corrected chi connectivity index (χ2v) is 5.60. The summed E-state index contributed by atoms with van der Waals surface area (Å²) in [5.41, 5.74) is 3.24. The minimum atomic E-state index is -0.486. The Morgan fingerprint density at radius 1 is 1.28 bits per heavy atom. The fraction of sp³-hybridized carbons (Fsp3) is 0.200. The lowest BCUT2D eigenvalue weighted by atomic mass is 10.1. The van der Waals surface area contributed by atoms with Crippen molar-refractivity contribution in [2.45, 2.75) is 20.8 Å². The Balaban J connectivity index is 2.26. The van der Waals surface area contributed by atoms with Crippen molar-refractivity contribution < 1.29 is 14.6 Å².